The molecule has 0 unspecified atom stereocenters. The molecular weight excluding hydrogens is 231 g/mol. The van der Waals surface area contributed by atoms with Gasteiger partial charge >= 0.3 is 0 Å². The Morgan fingerprint density at radius 2 is 2.06 bits per heavy atom. The van der Waals surface area contributed by atoms with Crippen LogP contribution >= 0.6 is 0 Å². The molecule has 0 bridgehead atoms. The molecule has 0 fully saturated rings. The minimum Gasteiger partial charge on any atom is -0.464 e. The van der Waals surface area contributed by atoms with Gasteiger partial charge in [-0.25, -0.2) is 4.98 Å². The normalized spacial score (nSPS) is 11.0. The fourth-order valence-electron chi connectivity index (χ4n) is 1.98. The van der Waals surface area contributed by atoms with E-state index >= 15 is 0 Å². The highest BCUT2D eigenvalue weighted by Crippen LogP contribution is 2.28. The van der Waals surface area contributed by atoms with Gasteiger partial charge in [0.1, 0.15) is 5.58 Å². The maximum Gasteiger partial charge on any atom is 0.217 e. The minimum absolute atomic E-state index is 0.148. The average Bonchev–Trinajstić information content (AvgIpc) is 2.86. The molecule has 0 atom stereocenters. The zero-order valence-electron chi connectivity index (χ0n) is 9.56. The molecule has 3 nitrogen and oxygen atoms in total. The lowest BCUT2D eigenvalue weighted by Gasteiger charge is -2.04. The third kappa shape index (κ3) is 1.67. The Hall–Kier alpha value is -2.20. The first-order valence-corrected chi connectivity index (χ1v) is 5.61. The number of nitrogens with two attached hydrogens (primary N) is 1. The van der Waals surface area contributed by atoms with E-state index in [1.165, 1.54) is 0 Å². The van der Waals surface area contributed by atoms with Crippen LogP contribution in [0.5, 0.6) is 0 Å². The van der Waals surface area contributed by atoms with Gasteiger partial charge in [0.2, 0.25) is 5.95 Å². The van der Waals surface area contributed by atoms with E-state index < -0.39 is 5.95 Å². The quantitative estimate of drug-likeness (QED) is 0.702. The van der Waals surface area contributed by atoms with Crippen LogP contribution in [0.25, 0.3) is 22.2 Å². The molecular formula is C14H11FN2O. The van der Waals surface area contributed by atoms with Gasteiger partial charge in [0.25, 0.3) is 0 Å². The van der Waals surface area contributed by atoms with Crippen LogP contribution < -0.4 is 5.73 Å². The predicted octanol–water partition coefficient (Wildman–Crippen LogP) is 3.09. The van der Waals surface area contributed by atoms with Crippen LogP contribution in [0.15, 0.2) is 47.1 Å². The Labute approximate surface area is 103 Å². The highest BCUT2D eigenvalue weighted by Gasteiger charge is 2.09. The molecule has 0 saturated carbocycles. The van der Waals surface area contributed by atoms with E-state index in [2.05, 4.69) is 4.98 Å². The molecule has 18 heavy (non-hydrogen) atoms. The third-order valence-corrected chi connectivity index (χ3v) is 2.92. The zero-order chi connectivity index (χ0) is 12.5. The topological polar surface area (TPSA) is 52.0 Å². The average molecular weight is 242 g/mol. The summed E-state index contributed by atoms with van der Waals surface area (Å²) in [6.07, 6.45) is 1.61. The molecule has 2 heterocycles. The van der Waals surface area contributed by atoms with Crippen molar-refractivity contribution in [2.24, 2.45) is 5.73 Å². The first-order valence-electron chi connectivity index (χ1n) is 5.61. The number of furan rings is 1. The molecule has 4 heteroatoms. The van der Waals surface area contributed by atoms with Crippen LogP contribution in [0, 0.1) is 5.95 Å². The Morgan fingerprint density at radius 1 is 1.17 bits per heavy atom. The number of aromatic nitrogens is 1. The van der Waals surface area contributed by atoms with Crippen LogP contribution in [-0.4, -0.2) is 4.98 Å². The van der Waals surface area contributed by atoms with Gasteiger partial charge in [-0.2, -0.15) is 4.39 Å². The number of hydrogen-bond acceptors (Lipinski definition) is 3. The van der Waals surface area contributed by atoms with Crippen molar-refractivity contribution >= 4 is 11.0 Å². The van der Waals surface area contributed by atoms with Gasteiger partial charge in [-0.1, -0.05) is 18.2 Å². The second-order valence-corrected chi connectivity index (χ2v) is 3.99. The number of benzene rings is 1. The maximum atomic E-state index is 13.6. The predicted molar refractivity (Wildman–Crippen MR) is 67.3 cm³/mol. The van der Waals surface area contributed by atoms with E-state index in [9.17, 15) is 4.39 Å². The fraction of sp³-hybridized carbons (Fsp3) is 0.0714. The lowest BCUT2D eigenvalue weighted by Crippen LogP contribution is -2.02. The van der Waals surface area contributed by atoms with Crippen molar-refractivity contribution in [2.45, 2.75) is 6.54 Å². The molecule has 3 aromatic rings. The van der Waals surface area contributed by atoms with Gasteiger partial charge in [-0.3, -0.25) is 0 Å². The van der Waals surface area contributed by atoms with Gasteiger partial charge in [0.05, 0.1) is 12.0 Å². The van der Waals surface area contributed by atoms with E-state index in [1.54, 1.807) is 18.4 Å². The number of fused-ring (bicyclic) bond motifs is 1. The minimum atomic E-state index is -0.518. The summed E-state index contributed by atoms with van der Waals surface area (Å²) in [4.78, 5) is 3.96. The first kappa shape index (κ1) is 10.9. The Balaban J connectivity index is 2.20. The molecule has 0 saturated heterocycles. The number of nitrogens with zero attached hydrogens (tertiary/aromatic N) is 1. The smallest absolute Gasteiger partial charge is 0.217 e. The van der Waals surface area contributed by atoms with E-state index in [1.807, 2.05) is 24.3 Å². The Morgan fingerprint density at radius 3 is 2.83 bits per heavy atom. The summed E-state index contributed by atoms with van der Waals surface area (Å²) in [5.41, 5.74) is 8.03. The molecule has 2 N–H and O–H groups in total. The van der Waals surface area contributed by atoms with Crippen LogP contribution in [0.1, 0.15) is 5.56 Å². The summed E-state index contributed by atoms with van der Waals surface area (Å²) >= 11 is 0. The van der Waals surface area contributed by atoms with Gasteiger partial charge in [0, 0.05) is 23.1 Å². The lowest BCUT2D eigenvalue weighted by molar-refractivity contribution is 0.569. The van der Waals surface area contributed by atoms with Crippen molar-refractivity contribution in [1.29, 1.82) is 0 Å². The monoisotopic (exact) mass is 242 g/mol. The molecule has 0 radical (unpaired) electrons. The summed E-state index contributed by atoms with van der Waals surface area (Å²) in [6, 6.07) is 10.9. The van der Waals surface area contributed by atoms with Crippen LogP contribution in [0.3, 0.4) is 0 Å². The second kappa shape index (κ2) is 4.23. The fourth-order valence-corrected chi connectivity index (χ4v) is 1.98. The summed E-state index contributed by atoms with van der Waals surface area (Å²) in [7, 11) is 0. The van der Waals surface area contributed by atoms with E-state index in [-0.39, 0.29) is 6.54 Å². The Kier molecular flexibility index (Phi) is 2.57. The number of pyridine rings is 1. The van der Waals surface area contributed by atoms with Crippen LogP contribution in [0.4, 0.5) is 4.39 Å². The van der Waals surface area contributed by atoms with Crippen molar-refractivity contribution < 1.29 is 8.81 Å². The van der Waals surface area contributed by atoms with E-state index in [0.29, 0.717) is 11.3 Å². The zero-order valence-corrected chi connectivity index (χ0v) is 9.56. The molecule has 1 aromatic carbocycles. The van der Waals surface area contributed by atoms with Crippen molar-refractivity contribution in [3.05, 3.63) is 54.2 Å². The maximum absolute atomic E-state index is 13.6. The summed E-state index contributed by atoms with van der Waals surface area (Å²) in [6.45, 7) is 0.148. The molecule has 90 valence electrons. The Bertz CT molecular complexity index is 706. The summed E-state index contributed by atoms with van der Waals surface area (Å²) < 4.78 is 19.0. The summed E-state index contributed by atoms with van der Waals surface area (Å²) in [5, 5.41) is 0.921. The van der Waals surface area contributed by atoms with Gasteiger partial charge in [0.15, 0.2) is 0 Å². The first-order chi connectivity index (χ1) is 8.79. The SMILES string of the molecule is NCc1ccc(-c2cccc3occc23)nc1F. The number of halogens is 1. The molecule has 0 spiro atoms. The standard InChI is InChI=1S/C14H11FN2O/c15-14-9(8-16)4-5-12(17-14)10-2-1-3-13-11(10)6-7-18-13/h1-7H,8,16H2. The van der Waals surface area contributed by atoms with Gasteiger partial charge in [-0.05, 0) is 18.2 Å². The van der Waals surface area contributed by atoms with Crippen molar-refractivity contribution in [2.75, 3.05) is 0 Å². The van der Waals surface area contributed by atoms with Crippen molar-refractivity contribution in [3.63, 3.8) is 0 Å². The van der Waals surface area contributed by atoms with Crippen LogP contribution in [0.2, 0.25) is 0 Å². The molecule has 0 aliphatic heterocycles. The van der Waals surface area contributed by atoms with Gasteiger partial charge in [-0.15, -0.1) is 0 Å². The second-order valence-electron chi connectivity index (χ2n) is 3.99. The molecule has 0 aliphatic rings. The highest BCUT2D eigenvalue weighted by atomic mass is 19.1. The lowest BCUT2D eigenvalue weighted by atomic mass is 10.1. The third-order valence-electron chi connectivity index (χ3n) is 2.92. The number of hydrogen-bond donors (Lipinski definition) is 1. The van der Waals surface area contributed by atoms with Crippen molar-refractivity contribution in [1.82, 2.24) is 4.98 Å². The highest BCUT2D eigenvalue weighted by molar-refractivity contribution is 5.92. The van der Waals surface area contributed by atoms with E-state index in [4.69, 9.17) is 10.2 Å². The summed E-state index contributed by atoms with van der Waals surface area (Å²) in [5.74, 6) is -0.518. The molecule has 2 aromatic heterocycles. The number of rotatable bonds is 2. The largest absolute Gasteiger partial charge is 0.464 e. The molecule has 0 amide bonds. The van der Waals surface area contributed by atoms with Crippen LogP contribution in [-0.2, 0) is 6.54 Å². The van der Waals surface area contributed by atoms with Crippen molar-refractivity contribution in [3.8, 4) is 11.3 Å². The molecule has 0 aliphatic carbocycles. The molecule has 3 rings (SSSR count). The van der Waals surface area contributed by atoms with E-state index in [0.717, 1.165) is 16.5 Å². The van der Waals surface area contributed by atoms with Gasteiger partial charge < -0.3 is 10.2 Å².